The van der Waals surface area contributed by atoms with E-state index in [4.69, 9.17) is 4.74 Å². The van der Waals surface area contributed by atoms with Crippen LogP contribution in [0.1, 0.15) is 6.42 Å². The van der Waals surface area contributed by atoms with Gasteiger partial charge in [0, 0.05) is 0 Å². The van der Waals surface area contributed by atoms with Crippen molar-refractivity contribution in [3.05, 3.63) is 99.8 Å². The Morgan fingerprint density at radius 1 is 0.607 bits per heavy atom. The fraction of sp³-hybridized carbons (Fsp3) is 0.0526. The molecule has 2 aromatic rings. The molecule has 9 heteroatoms. The van der Waals surface area contributed by atoms with E-state index in [0.29, 0.717) is 0 Å². The van der Waals surface area contributed by atoms with Crippen LogP contribution < -0.4 is 4.74 Å². The molecule has 0 heterocycles. The largest absolute Gasteiger partial charge is 3.00 e. The summed E-state index contributed by atoms with van der Waals surface area (Å²) in [4.78, 5) is 0. The van der Waals surface area contributed by atoms with E-state index in [2.05, 4.69) is 24.3 Å². The van der Waals surface area contributed by atoms with Crippen LogP contribution in [0.25, 0.3) is 0 Å². The van der Waals surface area contributed by atoms with Crippen LogP contribution in [0.5, 0.6) is 11.5 Å². The molecule has 0 aliphatic heterocycles. The third-order valence-electron chi connectivity index (χ3n) is 2.38. The van der Waals surface area contributed by atoms with Crippen LogP contribution >= 0.6 is 7.81 Å². The Morgan fingerprint density at radius 2 is 0.893 bits per heavy atom. The number of hydrogen-bond acceptors (Lipinski definition) is 1. The summed E-state index contributed by atoms with van der Waals surface area (Å²) < 4.78 is 64.8. The van der Waals surface area contributed by atoms with Gasteiger partial charge in [-0.3, -0.25) is 0 Å². The summed E-state index contributed by atoms with van der Waals surface area (Å²) in [5, 5.41) is 0. The molecule has 0 saturated carbocycles. The van der Waals surface area contributed by atoms with Gasteiger partial charge in [0.25, 0.3) is 0 Å². The van der Waals surface area contributed by atoms with E-state index in [9.17, 15) is 25.2 Å². The van der Waals surface area contributed by atoms with Crippen LogP contribution in [0.4, 0.5) is 25.2 Å². The Kier molecular flexibility index (Phi) is 13.2. The molecule has 2 aromatic carbocycles. The number of halogens is 6. The van der Waals surface area contributed by atoms with E-state index < -0.39 is 7.81 Å². The second-order valence-electron chi connectivity index (χ2n) is 4.78. The van der Waals surface area contributed by atoms with Gasteiger partial charge in [0.15, 0.2) is 0 Å². The summed E-state index contributed by atoms with van der Waals surface area (Å²) in [5.41, 5.74) is 0. The van der Waals surface area contributed by atoms with Gasteiger partial charge in [0.1, 0.15) is 11.5 Å². The molecule has 0 amide bonds. The topological polar surface area (TPSA) is 9.23 Å². The fourth-order valence-corrected chi connectivity index (χ4v) is 1.51. The molecule has 0 aromatic heterocycles. The van der Waals surface area contributed by atoms with Crippen LogP contribution in [-0.4, -0.2) is 0 Å². The first-order valence-electron chi connectivity index (χ1n) is 7.06. The third kappa shape index (κ3) is 24.2. The minimum absolute atomic E-state index is 0. The Balaban J connectivity index is -0.000000359. The van der Waals surface area contributed by atoms with Gasteiger partial charge in [-0.2, -0.15) is 0 Å². The number of benzene rings is 2. The Labute approximate surface area is 172 Å². The fourth-order valence-electron chi connectivity index (χ4n) is 1.51. The molecule has 0 unspecified atom stereocenters. The predicted octanol–water partition coefficient (Wildman–Crippen LogP) is 9.26. The molecule has 0 spiro atoms. The van der Waals surface area contributed by atoms with Gasteiger partial charge in [-0.25, -0.2) is 0 Å². The zero-order valence-corrected chi connectivity index (χ0v) is 17.3. The molecule has 159 valence electrons. The van der Waals surface area contributed by atoms with Gasteiger partial charge in [-0.15, -0.1) is 0 Å². The van der Waals surface area contributed by atoms with Crippen molar-refractivity contribution in [2.75, 3.05) is 0 Å². The van der Waals surface area contributed by atoms with E-state index in [1.807, 2.05) is 60.7 Å². The van der Waals surface area contributed by atoms with E-state index in [0.717, 1.165) is 17.9 Å². The molecule has 0 atom stereocenters. The molecule has 0 bridgehead atoms. The van der Waals surface area contributed by atoms with Gasteiger partial charge in [-0.05, 0) is 30.7 Å². The van der Waals surface area contributed by atoms with Gasteiger partial charge >= 0.3 is 50.1 Å². The van der Waals surface area contributed by atoms with E-state index in [1.165, 1.54) is 0 Å². The van der Waals surface area contributed by atoms with E-state index >= 15 is 0 Å². The monoisotopic (exact) mass is 467 g/mol. The molecule has 1 radical (unpaired) electrons. The van der Waals surface area contributed by atoms with E-state index in [-0.39, 0.29) is 31.9 Å². The molecule has 0 fully saturated rings. The average Bonchev–Trinajstić information content (AvgIpc) is 3.05. The van der Waals surface area contributed by atoms with Crippen molar-refractivity contribution in [3.63, 3.8) is 0 Å². The molecule has 0 saturated heterocycles. The molecule has 3 rings (SSSR count). The first kappa shape index (κ1) is 31.0. The van der Waals surface area contributed by atoms with Crippen molar-refractivity contribution >= 4 is 7.81 Å². The van der Waals surface area contributed by atoms with Crippen LogP contribution in [0.2, 0.25) is 0 Å². The molecule has 1 nitrogen and oxygen atoms in total. The number of hydrogen-bond donors (Lipinski definition) is 0. The maximum atomic E-state index is 9.87. The van der Waals surface area contributed by atoms with Gasteiger partial charge < -0.3 is 19.6 Å². The zero-order chi connectivity index (χ0) is 18.9. The van der Waals surface area contributed by atoms with Crippen LogP contribution in [0, 0.1) is 14.9 Å². The van der Waals surface area contributed by atoms with Crippen molar-refractivity contribution in [3.8, 4) is 11.5 Å². The molecule has 0 N–H and O–H groups in total. The predicted molar refractivity (Wildman–Crippen MR) is 102 cm³/mol. The van der Waals surface area contributed by atoms with Gasteiger partial charge in [-0.1, -0.05) is 60.7 Å². The normalized spacial score (nSPS) is 13.4. The third-order valence-corrected chi connectivity index (χ3v) is 2.38. The maximum Gasteiger partial charge on any atom is 3.00 e. The summed E-state index contributed by atoms with van der Waals surface area (Å²) in [6.07, 6.45) is 9.50. The minimum Gasteiger partial charge on any atom is -0.457 e. The van der Waals surface area contributed by atoms with Crippen molar-refractivity contribution in [1.82, 2.24) is 0 Å². The summed E-state index contributed by atoms with van der Waals surface area (Å²) in [7, 11) is -10.7. The second kappa shape index (κ2) is 11.9. The van der Waals surface area contributed by atoms with Crippen molar-refractivity contribution in [1.29, 1.82) is 0 Å². The quantitative estimate of drug-likeness (QED) is 0.185. The Morgan fingerprint density at radius 3 is 1.11 bits per heavy atom. The van der Waals surface area contributed by atoms with Crippen LogP contribution in [-0.2, 0) is 17.1 Å². The van der Waals surface area contributed by atoms with Crippen LogP contribution in [0.15, 0.2) is 85.0 Å². The number of para-hydroxylation sites is 2. The summed E-state index contributed by atoms with van der Waals surface area (Å²) >= 11 is 0. The van der Waals surface area contributed by atoms with Gasteiger partial charge in [0.05, 0.1) is 0 Å². The molecule has 1 aliphatic rings. The van der Waals surface area contributed by atoms with Crippen LogP contribution in [0.3, 0.4) is 0 Å². The zero-order valence-electron chi connectivity index (χ0n) is 15.3. The molecular weight excluding hydrogens is 445 g/mol. The number of rotatable bonds is 2. The summed E-state index contributed by atoms with van der Waals surface area (Å²) in [5.74, 6) is 1.74. The number of ether oxygens (including phenoxy) is 1. The van der Waals surface area contributed by atoms with Gasteiger partial charge in [0.2, 0.25) is 0 Å². The molecule has 1 aliphatic carbocycles. The van der Waals surface area contributed by atoms with Crippen molar-refractivity contribution < 1.29 is 47.0 Å². The smallest absolute Gasteiger partial charge is 0.457 e. The van der Waals surface area contributed by atoms with Crippen molar-refractivity contribution in [2.45, 2.75) is 6.42 Å². The second-order valence-corrected chi connectivity index (χ2v) is 6.70. The summed E-state index contributed by atoms with van der Waals surface area (Å²) in [6, 6.07) is 19.5. The SMILES string of the molecule is C1=CCC=C1.F[P-](F)(F)(F)(F)F.[CH3-].[CH3-].[Fe+3].c1ccc(Oc2ccccc2)cc1. The minimum atomic E-state index is -10.7. The molecular formula is C19H22F6FeOP. The standard InChI is InChI=1S/C12H10O.C5H6.2CH3.F6P.Fe/c1-3-7-11(8-4-1)13-12-9-5-2-6-10-12;1-2-4-5-3-1;;;1-7(2,3,4,5)6;/h1-10H;1-4H,5H2;2*1H3;;/q;;3*-1;+3. The number of allylic oxidation sites excluding steroid dienone is 4. The summed E-state index contributed by atoms with van der Waals surface area (Å²) in [6.45, 7) is 0. The average molecular weight is 467 g/mol. The first-order valence-corrected chi connectivity index (χ1v) is 9.09. The first-order chi connectivity index (χ1) is 11.4. The van der Waals surface area contributed by atoms with Crippen molar-refractivity contribution in [2.24, 2.45) is 0 Å². The van der Waals surface area contributed by atoms with E-state index in [1.54, 1.807) is 0 Å². The Bertz CT molecular complexity index is 643. The molecule has 28 heavy (non-hydrogen) atoms. The Hall–Kier alpha value is -1.75. The maximum absolute atomic E-state index is 10.7.